The van der Waals surface area contributed by atoms with E-state index in [9.17, 15) is 14.7 Å². The average Bonchev–Trinajstić information content (AvgIpc) is 3.02. The monoisotopic (exact) mass is 423 g/mol. The predicted molar refractivity (Wildman–Crippen MR) is 119 cm³/mol. The van der Waals surface area contributed by atoms with Crippen molar-refractivity contribution < 1.29 is 24.2 Å². The molecular formula is C25H29NO5. The van der Waals surface area contributed by atoms with Crippen molar-refractivity contribution in [2.24, 2.45) is 5.92 Å². The van der Waals surface area contributed by atoms with Gasteiger partial charge in [0.25, 0.3) is 11.7 Å². The molecule has 1 aliphatic heterocycles. The van der Waals surface area contributed by atoms with Crippen LogP contribution in [0.25, 0.3) is 5.76 Å². The van der Waals surface area contributed by atoms with Gasteiger partial charge in [-0.15, -0.1) is 0 Å². The lowest BCUT2D eigenvalue weighted by Crippen LogP contribution is -2.32. The normalized spacial score (nSPS) is 18.1. The number of carbonyl (C=O) groups is 2. The van der Waals surface area contributed by atoms with Gasteiger partial charge in [-0.1, -0.05) is 56.3 Å². The number of ether oxygens (including phenoxy) is 2. The molecule has 1 saturated heterocycles. The number of Topliss-reactive ketones (excluding diaryl/α,β-unsaturated/α-hetero) is 1. The van der Waals surface area contributed by atoms with Crippen molar-refractivity contribution in [3.63, 3.8) is 0 Å². The van der Waals surface area contributed by atoms with Gasteiger partial charge in [-0.05, 0) is 30.0 Å². The minimum absolute atomic E-state index is 0.0756. The van der Waals surface area contributed by atoms with Crippen LogP contribution in [0.15, 0.2) is 60.2 Å². The fourth-order valence-electron chi connectivity index (χ4n) is 3.59. The number of nitrogens with zero attached hydrogens (tertiary/aromatic N) is 1. The first kappa shape index (κ1) is 22.6. The number of benzene rings is 2. The van der Waals surface area contributed by atoms with Crippen molar-refractivity contribution in [2.75, 3.05) is 26.9 Å². The van der Waals surface area contributed by atoms with Crippen LogP contribution in [0, 0.1) is 5.92 Å². The molecule has 0 saturated carbocycles. The Balaban J connectivity index is 2.03. The predicted octanol–water partition coefficient (Wildman–Crippen LogP) is 4.18. The van der Waals surface area contributed by atoms with Gasteiger partial charge in [0.1, 0.15) is 11.5 Å². The Bertz CT molecular complexity index is 951. The van der Waals surface area contributed by atoms with Gasteiger partial charge >= 0.3 is 0 Å². The van der Waals surface area contributed by atoms with E-state index in [0.29, 0.717) is 29.4 Å². The zero-order valence-electron chi connectivity index (χ0n) is 18.2. The number of methoxy groups -OCH3 is 1. The number of ketones is 1. The summed E-state index contributed by atoms with van der Waals surface area (Å²) in [5.74, 6) is -0.348. The van der Waals surface area contributed by atoms with E-state index < -0.39 is 17.7 Å². The Labute approximate surface area is 183 Å². The molecule has 0 aliphatic carbocycles. The summed E-state index contributed by atoms with van der Waals surface area (Å²) in [6.45, 7) is 5.35. The highest BCUT2D eigenvalue weighted by molar-refractivity contribution is 6.46. The van der Waals surface area contributed by atoms with Gasteiger partial charge in [0, 0.05) is 19.2 Å². The zero-order valence-corrected chi connectivity index (χ0v) is 18.2. The molecule has 31 heavy (non-hydrogen) atoms. The number of hydrogen-bond acceptors (Lipinski definition) is 5. The molecule has 2 aromatic rings. The maximum absolute atomic E-state index is 12.9. The van der Waals surface area contributed by atoms with Crippen molar-refractivity contribution in [3.05, 3.63) is 71.3 Å². The second-order valence-electron chi connectivity index (χ2n) is 7.95. The van der Waals surface area contributed by atoms with Crippen LogP contribution >= 0.6 is 0 Å². The van der Waals surface area contributed by atoms with Crippen LogP contribution in [0.5, 0.6) is 5.75 Å². The summed E-state index contributed by atoms with van der Waals surface area (Å²) in [4.78, 5) is 27.2. The minimum atomic E-state index is -0.719. The molecule has 1 amide bonds. The Hall–Kier alpha value is -3.12. The molecule has 0 radical (unpaired) electrons. The van der Waals surface area contributed by atoms with E-state index in [2.05, 4.69) is 13.8 Å². The Morgan fingerprint density at radius 3 is 2.48 bits per heavy atom. The van der Waals surface area contributed by atoms with Crippen molar-refractivity contribution in [1.29, 1.82) is 0 Å². The molecular weight excluding hydrogens is 394 g/mol. The topological polar surface area (TPSA) is 76.1 Å². The summed E-state index contributed by atoms with van der Waals surface area (Å²) in [7, 11) is 1.54. The van der Waals surface area contributed by atoms with Crippen molar-refractivity contribution in [3.8, 4) is 5.75 Å². The maximum atomic E-state index is 12.9. The largest absolute Gasteiger partial charge is 0.507 e. The molecule has 1 fully saturated rings. The first-order valence-corrected chi connectivity index (χ1v) is 10.5. The first-order valence-electron chi connectivity index (χ1n) is 10.5. The van der Waals surface area contributed by atoms with Crippen LogP contribution < -0.4 is 4.74 Å². The third-order valence-corrected chi connectivity index (χ3v) is 5.26. The third kappa shape index (κ3) is 5.14. The number of hydrogen-bond donors (Lipinski definition) is 1. The highest BCUT2D eigenvalue weighted by Crippen LogP contribution is 2.40. The Morgan fingerprint density at radius 1 is 1.06 bits per heavy atom. The number of aliphatic hydroxyl groups is 1. The minimum Gasteiger partial charge on any atom is -0.507 e. The summed E-state index contributed by atoms with van der Waals surface area (Å²) >= 11 is 0. The van der Waals surface area contributed by atoms with Crippen molar-refractivity contribution >= 4 is 17.4 Å². The standard InChI is InChI=1S/C25H29NO5/c1-17(2)12-14-31-20-11-7-10-19(16-20)22-21(23(27)18-8-5-4-6-9-18)24(28)25(29)26(22)13-15-30-3/h4-11,16-17,22,27H,12-15H2,1-3H3/b23-21+. The first-order chi connectivity index (χ1) is 14.9. The highest BCUT2D eigenvalue weighted by Gasteiger charge is 2.45. The van der Waals surface area contributed by atoms with Crippen LogP contribution in [0.4, 0.5) is 0 Å². The highest BCUT2D eigenvalue weighted by atomic mass is 16.5. The van der Waals surface area contributed by atoms with E-state index in [1.54, 1.807) is 31.4 Å². The van der Waals surface area contributed by atoms with E-state index in [4.69, 9.17) is 9.47 Å². The molecule has 6 nitrogen and oxygen atoms in total. The molecule has 3 rings (SSSR count). The van der Waals surface area contributed by atoms with Crippen LogP contribution in [-0.4, -0.2) is 48.6 Å². The van der Waals surface area contributed by atoms with E-state index in [0.717, 1.165) is 6.42 Å². The summed E-state index contributed by atoms with van der Waals surface area (Å²) in [5.41, 5.74) is 1.27. The molecule has 1 heterocycles. The van der Waals surface area contributed by atoms with Crippen molar-refractivity contribution in [1.82, 2.24) is 4.90 Å². The smallest absolute Gasteiger partial charge is 0.295 e. The quantitative estimate of drug-likeness (QED) is 0.372. The van der Waals surface area contributed by atoms with E-state index in [-0.39, 0.29) is 24.5 Å². The van der Waals surface area contributed by atoms with Crippen molar-refractivity contribution in [2.45, 2.75) is 26.3 Å². The number of rotatable bonds is 9. The molecule has 6 heteroatoms. The summed E-state index contributed by atoms with van der Waals surface area (Å²) in [6, 6.07) is 15.4. The molecule has 1 aliphatic rings. The molecule has 1 N–H and O–H groups in total. The van der Waals surface area contributed by atoms with Crippen LogP contribution in [0.3, 0.4) is 0 Å². The number of aliphatic hydroxyl groups excluding tert-OH is 1. The van der Waals surface area contributed by atoms with E-state index in [1.807, 2.05) is 30.3 Å². The molecule has 0 bridgehead atoms. The van der Waals surface area contributed by atoms with E-state index in [1.165, 1.54) is 4.90 Å². The summed E-state index contributed by atoms with van der Waals surface area (Å²) < 4.78 is 11.0. The fourth-order valence-corrected chi connectivity index (χ4v) is 3.59. The van der Waals surface area contributed by atoms with Gasteiger partial charge < -0.3 is 19.5 Å². The Morgan fingerprint density at radius 2 is 1.81 bits per heavy atom. The van der Waals surface area contributed by atoms with Gasteiger partial charge in [0.05, 0.1) is 24.8 Å². The van der Waals surface area contributed by atoms with Crippen LogP contribution in [0.1, 0.15) is 37.4 Å². The average molecular weight is 424 g/mol. The summed E-state index contributed by atoms with van der Waals surface area (Å²) in [5, 5.41) is 11.0. The molecule has 1 unspecified atom stereocenters. The lowest BCUT2D eigenvalue weighted by molar-refractivity contribution is -0.140. The van der Waals surface area contributed by atoms with Crippen LogP contribution in [0.2, 0.25) is 0 Å². The van der Waals surface area contributed by atoms with Crippen LogP contribution in [-0.2, 0) is 14.3 Å². The third-order valence-electron chi connectivity index (χ3n) is 5.26. The summed E-state index contributed by atoms with van der Waals surface area (Å²) in [6.07, 6.45) is 0.921. The second-order valence-corrected chi connectivity index (χ2v) is 7.95. The van der Waals surface area contributed by atoms with Gasteiger partial charge in [-0.3, -0.25) is 9.59 Å². The lowest BCUT2D eigenvalue weighted by Gasteiger charge is -2.25. The molecule has 1 atom stereocenters. The van der Waals surface area contributed by atoms with Gasteiger partial charge in [-0.25, -0.2) is 0 Å². The maximum Gasteiger partial charge on any atom is 0.295 e. The SMILES string of the molecule is COCCN1C(=O)C(=O)/C(=C(/O)c2ccccc2)C1c1cccc(OCCC(C)C)c1. The number of likely N-dealkylation sites (tertiary alicyclic amines) is 1. The number of carbonyl (C=O) groups excluding carboxylic acids is 2. The van der Waals surface area contributed by atoms with Gasteiger partial charge in [-0.2, -0.15) is 0 Å². The second kappa shape index (κ2) is 10.3. The van der Waals surface area contributed by atoms with Gasteiger partial charge in [0.15, 0.2) is 0 Å². The van der Waals surface area contributed by atoms with E-state index >= 15 is 0 Å². The van der Waals surface area contributed by atoms with Gasteiger partial charge in [0.2, 0.25) is 0 Å². The Kier molecular flexibility index (Phi) is 7.47. The number of amides is 1. The zero-order chi connectivity index (χ0) is 22.4. The molecule has 164 valence electrons. The fraction of sp³-hybridized carbons (Fsp3) is 0.360. The molecule has 2 aromatic carbocycles. The lowest BCUT2D eigenvalue weighted by atomic mass is 9.95. The molecule has 0 spiro atoms. The molecule has 0 aromatic heterocycles.